The van der Waals surface area contributed by atoms with Crippen LogP contribution in [0.15, 0.2) is 51.1 Å². The Bertz CT molecular complexity index is 1860. The van der Waals surface area contributed by atoms with Gasteiger partial charge in [0.1, 0.15) is 18.1 Å². The third-order valence-electron chi connectivity index (χ3n) is 12.0. The van der Waals surface area contributed by atoms with E-state index in [1.165, 1.54) is 63.5 Å². The Morgan fingerprint density at radius 1 is 0.942 bits per heavy atom. The van der Waals surface area contributed by atoms with Gasteiger partial charge in [-0.1, -0.05) is 156 Å². The highest BCUT2D eigenvalue weighted by atomic mass is 19.4. The normalized spacial score (nSPS) is 18.5. The standard InChI is InChI=1S/C22H29F3N6O2.C12H19N5O2.C8H18.C5H12.2C2H6/c23-22(24,25)16-13-15(8-9-18(16)32-12-10-14-5-2-1-3-6-14)19-28-20(33-30-19)17-7-4-11-31(17)21(26)29-27;1-3-5-8(2)10-14-11(19-16-10)9-6-4-7-17(9)12(13)15-18;1-5-8(4)6-7(2)3;1-3-5-4-2;2*1-2/h8-9,13-14,17H,1-7,10-12,27H2,(H2,26,29);3,5,9,12,15,18H,1,4,6-7,13H2,2H3;7-8H,5-6H2,1-4H3;3-5H2,1-2H3;2*1-2H3/b;8-5+;;;;/t;9-,12?;;;;/m.0..../s1. The SMILES string of the molecule is C=C/C=C(\C)c1noc([C@@H]2CCCN2C(N)NO)n1.CC.CC.CCC(C)CC(C)C.CCCCC.N/N=C(/N)N1CCCC1c1nc(-c2ccc(OCCC3CCCCC3)c(C(F)(F)F)c2)no1. The summed E-state index contributed by atoms with van der Waals surface area (Å²) in [5, 5.41) is 20.3. The number of hydroxylamine groups is 1. The number of nitrogens with one attached hydrogen (secondary N) is 1. The lowest BCUT2D eigenvalue weighted by Gasteiger charge is -2.26. The van der Waals surface area contributed by atoms with E-state index in [0.29, 0.717) is 30.6 Å². The molecule has 2 aromatic heterocycles. The van der Waals surface area contributed by atoms with E-state index in [1.54, 1.807) is 11.0 Å². The first-order valence-corrected chi connectivity index (χ1v) is 25.6. The first-order valence-electron chi connectivity index (χ1n) is 25.6. The summed E-state index contributed by atoms with van der Waals surface area (Å²) in [7, 11) is 0. The monoisotopic (exact) mass is 978 g/mol. The Hall–Kier alpha value is -4.52. The van der Waals surface area contributed by atoms with E-state index in [2.05, 4.69) is 73.5 Å². The summed E-state index contributed by atoms with van der Waals surface area (Å²) in [5.74, 6) is 8.97. The van der Waals surface area contributed by atoms with Gasteiger partial charge in [0.2, 0.25) is 23.6 Å². The van der Waals surface area contributed by atoms with E-state index >= 15 is 0 Å². The van der Waals surface area contributed by atoms with Gasteiger partial charge in [-0.3, -0.25) is 4.90 Å². The molecule has 0 amide bonds. The van der Waals surface area contributed by atoms with Crippen LogP contribution in [0.2, 0.25) is 0 Å². The smallest absolute Gasteiger partial charge is 0.419 e. The maximum absolute atomic E-state index is 13.8. The molecule has 69 heavy (non-hydrogen) atoms. The van der Waals surface area contributed by atoms with E-state index < -0.39 is 18.0 Å². The molecule has 3 unspecified atom stereocenters. The number of rotatable bonds is 16. The number of hydrogen-bond acceptors (Lipinski definition) is 13. The Kier molecular flexibility index (Phi) is 31.4. The average molecular weight is 978 g/mol. The number of benzene rings is 1. The molecular formula is C51H90F3N11O4. The number of nitrogens with zero attached hydrogens (tertiary/aromatic N) is 7. The minimum Gasteiger partial charge on any atom is -0.493 e. The summed E-state index contributed by atoms with van der Waals surface area (Å²) < 4.78 is 57.5. The van der Waals surface area contributed by atoms with Gasteiger partial charge < -0.3 is 41.2 Å². The molecule has 15 nitrogen and oxygen atoms in total. The van der Waals surface area contributed by atoms with Gasteiger partial charge in [0.05, 0.1) is 18.2 Å². The lowest BCUT2D eigenvalue weighted by molar-refractivity contribution is -0.138. The predicted molar refractivity (Wildman–Crippen MR) is 272 cm³/mol. The van der Waals surface area contributed by atoms with Crippen LogP contribution in [0, 0.1) is 17.8 Å². The Balaban J connectivity index is 0.000000554. The van der Waals surface area contributed by atoms with Crippen LogP contribution >= 0.6 is 0 Å². The van der Waals surface area contributed by atoms with Crippen LogP contribution in [0.3, 0.4) is 0 Å². The van der Waals surface area contributed by atoms with Crippen LogP contribution in [0.25, 0.3) is 17.0 Å². The van der Waals surface area contributed by atoms with Crippen molar-refractivity contribution in [1.82, 2.24) is 35.6 Å². The van der Waals surface area contributed by atoms with Crippen molar-refractivity contribution in [2.75, 3.05) is 19.7 Å². The van der Waals surface area contributed by atoms with E-state index in [4.69, 9.17) is 36.3 Å². The van der Waals surface area contributed by atoms with E-state index in [1.807, 2.05) is 51.1 Å². The van der Waals surface area contributed by atoms with Gasteiger partial charge in [0, 0.05) is 18.7 Å². The third-order valence-corrected chi connectivity index (χ3v) is 12.0. The van der Waals surface area contributed by atoms with Crippen molar-refractivity contribution in [2.24, 2.45) is 40.2 Å². The molecule has 2 saturated heterocycles. The molecule has 3 fully saturated rings. The summed E-state index contributed by atoms with van der Waals surface area (Å²) >= 11 is 0. The molecule has 1 aromatic carbocycles. The van der Waals surface area contributed by atoms with Crippen molar-refractivity contribution in [1.29, 1.82) is 0 Å². The minimum absolute atomic E-state index is 0.0626. The molecule has 1 saturated carbocycles. The first-order chi connectivity index (χ1) is 33.1. The maximum Gasteiger partial charge on any atom is 0.419 e. The lowest BCUT2D eigenvalue weighted by Crippen LogP contribution is -2.50. The van der Waals surface area contributed by atoms with Crippen LogP contribution in [0.4, 0.5) is 13.2 Å². The van der Waals surface area contributed by atoms with Crippen LogP contribution < -0.4 is 27.5 Å². The highest BCUT2D eigenvalue weighted by Crippen LogP contribution is 2.40. The van der Waals surface area contributed by atoms with Crippen LogP contribution in [0.5, 0.6) is 5.75 Å². The largest absolute Gasteiger partial charge is 0.493 e. The van der Waals surface area contributed by atoms with E-state index in [-0.39, 0.29) is 47.7 Å². The molecule has 0 radical (unpaired) electrons. The van der Waals surface area contributed by atoms with Gasteiger partial charge in [0.15, 0.2) is 5.82 Å². The summed E-state index contributed by atoms with van der Waals surface area (Å²) in [4.78, 5) is 12.3. The molecule has 4 heterocycles. The van der Waals surface area contributed by atoms with E-state index in [9.17, 15) is 13.2 Å². The van der Waals surface area contributed by atoms with E-state index in [0.717, 1.165) is 68.5 Å². The fourth-order valence-electron chi connectivity index (χ4n) is 8.26. The zero-order valence-electron chi connectivity index (χ0n) is 44.0. The first kappa shape index (κ1) is 62.5. The molecule has 0 bridgehead atoms. The van der Waals surface area contributed by atoms with Crippen molar-refractivity contribution >= 4 is 11.5 Å². The van der Waals surface area contributed by atoms with Gasteiger partial charge in [-0.2, -0.15) is 28.6 Å². The molecule has 3 aliphatic rings. The second kappa shape index (κ2) is 34.7. The number of halogens is 3. The van der Waals surface area contributed by atoms with Crippen molar-refractivity contribution < 1.29 is 32.2 Å². The number of ether oxygens (including phenoxy) is 1. The Morgan fingerprint density at radius 2 is 1.57 bits per heavy atom. The molecule has 18 heteroatoms. The minimum atomic E-state index is -4.57. The van der Waals surface area contributed by atoms with Crippen molar-refractivity contribution in [3.63, 3.8) is 0 Å². The topological polar surface area (TPSA) is 216 Å². The zero-order valence-corrected chi connectivity index (χ0v) is 44.0. The van der Waals surface area contributed by atoms with Crippen LogP contribution in [-0.2, 0) is 6.18 Å². The Labute approximate surface area is 412 Å². The van der Waals surface area contributed by atoms with Gasteiger partial charge in [-0.05, 0) is 87.0 Å². The zero-order chi connectivity index (χ0) is 51.9. The van der Waals surface area contributed by atoms with Crippen molar-refractivity contribution in [2.45, 2.75) is 197 Å². The quantitative estimate of drug-likeness (QED) is 0.0225. The molecule has 0 spiro atoms. The number of likely N-dealkylation sites (tertiary alicyclic amines) is 2. The molecule has 3 aromatic rings. The fraction of sp³-hybridized carbons (Fsp3) is 0.706. The number of nitrogens with two attached hydrogens (primary N) is 3. The summed E-state index contributed by atoms with van der Waals surface area (Å²) in [5.41, 5.74) is 13.9. The van der Waals surface area contributed by atoms with Crippen LogP contribution in [0.1, 0.15) is 208 Å². The van der Waals surface area contributed by atoms with Crippen LogP contribution in [-0.4, -0.2) is 67.2 Å². The van der Waals surface area contributed by atoms with Gasteiger partial charge in [-0.25, -0.2) is 0 Å². The van der Waals surface area contributed by atoms with Gasteiger partial charge in [-0.15, -0.1) is 5.10 Å². The number of allylic oxidation sites excluding steroid dienone is 3. The fourth-order valence-corrected chi connectivity index (χ4v) is 8.26. The predicted octanol–water partition coefficient (Wildman–Crippen LogP) is 12.8. The van der Waals surface area contributed by atoms with Gasteiger partial charge >= 0.3 is 6.18 Å². The van der Waals surface area contributed by atoms with Crippen molar-refractivity contribution in [3.05, 3.63) is 60.1 Å². The second-order valence-corrected chi connectivity index (χ2v) is 17.7. The molecular weight excluding hydrogens is 888 g/mol. The molecule has 1 aliphatic carbocycles. The number of hydrogen-bond donors (Lipinski definition) is 5. The maximum atomic E-state index is 13.8. The highest BCUT2D eigenvalue weighted by molar-refractivity contribution is 5.78. The molecule has 8 N–H and O–H groups in total. The Morgan fingerprint density at radius 3 is 2.12 bits per heavy atom. The van der Waals surface area contributed by atoms with Crippen molar-refractivity contribution in [3.8, 4) is 17.1 Å². The lowest BCUT2D eigenvalue weighted by atomic mass is 9.87. The molecule has 394 valence electrons. The van der Waals surface area contributed by atoms with Gasteiger partial charge in [0.25, 0.3) is 0 Å². The summed E-state index contributed by atoms with van der Waals surface area (Å²) in [6.45, 7) is 28.8. The number of hydrazone groups is 1. The second-order valence-electron chi connectivity index (χ2n) is 17.7. The number of unbranched alkanes of at least 4 members (excludes halogenated alkanes) is 2. The number of aromatic nitrogens is 4. The number of guanidine groups is 1. The molecule has 6 rings (SSSR count). The molecule has 2 aliphatic heterocycles. The summed E-state index contributed by atoms with van der Waals surface area (Å²) in [6.07, 6.45) is 15.1. The third kappa shape index (κ3) is 21.6. The number of alkyl halides is 3. The average Bonchev–Trinajstić information content (AvgIpc) is 4.21. The highest BCUT2D eigenvalue weighted by Gasteiger charge is 2.37. The molecule has 4 atom stereocenters. The summed E-state index contributed by atoms with van der Waals surface area (Å²) in [6, 6.07) is 3.47.